The molecule has 0 aromatic rings. The molecule has 0 radical (unpaired) electrons. The van der Waals surface area contributed by atoms with Gasteiger partial charge in [-0.25, -0.2) is 0 Å². The van der Waals surface area contributed by atoms with Gasteiger partial charge in [0.05, 0.1) is 0 Å². The first-order chi connectivity index (χ1) is 32.5. The smallest absolute Gasteiger partial charge is 0.306 e. The normalized spacial score (nSPS) is 12.1. The molecule has 0 aliphatic rings. The van der Waals surface area contributed by atoms with Gasteiger partial charge in [0.25, 0.3) is 0 Å². The van der Waals surface area contributed by atoms with Crippen molar-refractivity contribution < 1.29 is 28.6 Å². The van der Waals surface area contributed by atoms with Crippen LogP contribution in [-0.2, 0) is 28.6 Å². The molecule has 0 aliphatic heterocycles. The van der Waals surface area contributed by atoms with Gasteiger partial charge in [-0.2, -0.15) is 0 Å². The maximum absolute atomic E-state index is 12.9. The van der Waals surface area contributed by atoms with Crippen molar-refractivity contribution in [2.75, 3.05) is 13.2 Å². The summed E-state index contributed by atoms with van der Waals surface area (Å²) in [5.74, 6) is -0.861. The fourth-order valence-electron chi connectivity index (χ4n) is 8.76. The summed E-state index contributed by atoms with van der Waals surface area (Å²) in [6, 6.07) is 0. The van der Waals surface area contributed by atoms with Gasteiger partial charge in [0.2, 0.25) is 0 Å². The molecule has 0 saturated carbocycles. The van der Waals surface area contributed by atoms with Crippen LogP contribution < -0.4 is 0 Å². The molecule has 0 fully saturated rings. The largest absolute Gasteiger partial charge is 0.462 e. The number of ether oxygens (including phenoxy) is 3. The molecule has 0 aromatic carbocycles. The molecule has 1 unspecified atom stereocenters. The van der Waals surface area contributed by atoms with Crippen LogP contribution in [0.15, 0.2) is 24.3 Å². The van der Waals surface area contributed by atoms with Crippen molar-refractivity contribution in [1.29, 1.82) is 0 Å². The molecule has 0 heterocycles. The van der Waals surface area contributed by atoms with Gasteiger partial charge in [-0.15, -0.1) is 0 Å². The zero-order valence-corrected chi connectivity index (χ0v) is 44.5. The van der Waals surface area contributed by atoms with Crippen LogP contribution in [-0.4, -0.2) is 37.2 Å². The Labute approximate surface area is 411 Å². The SMILES string of the molecule is CCCC/C=C\C/C=C\CCCCCCCC(=O)OCC(COC(=O)CCCCCCCCCCCCCCCCCCC)OC(=O)CCCCCCCCCCCCCCCCCCC. The Hall–Kier alpha value is -2.11. The monoisotopic (exact) mass is 929 g/mol. The summed E-state index contributed by atoms with van der Waals surface area (Å²) in [5, 5.41) is 0. The fourth-order valence-corrected chi connectivity index (χ4v) is 8.76. The van der Waals surface area contributed by atoms with Gasteiger partial charge in [0.15, 0.2) is 6.10 Å². The first kappa shape index (κ1) is 63.9. The summed E-state index contributed by atoms with van der Waals surface area (Å²) in [7, 11) is 0. The number of hydrogen-bond acceptors (Lipinski definition) is 6. The first-order valence-corrected chi connectivity index (χ1v) is 29.3. The Balaban J connectivity index is 4.32. The highest BCUT2D eigenvalue weighted by atomic mass is 16.6. The Bertz CT molecular complexity index is 1070. The number of unbranched alkanes of at least 4 members (excludes halogenated alkanes) is 39. The van der Waals surface area contributed by atoms with Crippen LogP contribution in [0.2, 0.25) is 0 Å². The van der Waals surface area contributed by atoms with E-state index in [4.69, 9.17) is 14.2 Å². The topological polar surface area (TPSA) is 78.9 Å². The van der Waals surface area contributed by atoms with Crippen LogP contribution in [0.25, 0.3) is 0 Å². The van der Waals surface area contributed by atoms with Gasteiger partial charge in [0, 0.05) is 19.3 Å². The van der Waals surface area contributed by atoms with Crippen molar-refractivity contribution in [3.05, 3.63) is 24.3 Å². The molecular weight excluding hydrogens is 817 g/mol. The average molecular weight is 930 g/mol. The minimum atomic E-state index is -0.772. The Kier molecular flexibility index (Phi) is 53.7. The van der Waals surface area contributed by atoms with Gasteiger partial charge in [-0.1, -0.05) is 283 Å². The van der Waals surface area contributed by atoms with Crippen molar-refractivity contribution >= 4 is 17.9 Å². The molecule has 0 amide bonds. The van der Waals surface area contributed by atoms with Crippen LogP contribution in [0.4, 0.5) is 0 Å². The Morgan fingerprint density at radius 2 is 0.561 bits per heavy atom. The maximum Gasteiger partial charge on any atom is 0.306 e. The molecule has 0 spiro atoms. The minimum absolute atomic E-state index is 0.0700. The first-order valence-electron chi connectivity index (χ1n) is 29.3. The van der Waals surface area contributed by atoms with Gasteiger partial charge in [-0.3, -0.25) is 14.4 Å². The average Bonchev–Trinajstić information content (AvgIpc) is 3.31. The van der Waals surface area contributed by atoms with Crippen LogP contribution in [0.1, 0.15) is 323 Å². The molecule has 0 aliphatic carbocycles. The van der Waals surface area contributed by atoms with Crippen LogP contribution >= 0.6 is 0 Å². The second-order valence-electron chi connectivity index (χ2n) is 19.9. The molecule has 6 nitrogen and oxygen atoms in total. The number of hydrogen-bond donors (Lipinski definition) is 0. The number of allylic oxidation sites excluding steroid dienone is 4. The highest BCUT2D eigenvalue weighted by Gasteiger charge is 2.19. The number of esters is 3. The molecule has 388 valence electrons. The van der Waals surface area contributed by atoms with Crippen molar-refractivity contribution in [3.8, 4) is 0 Å². The number of carbonyl (C=O) groups excluding carboxylic acids is 3. The van der Waals surface area contributed by atoms with E-state index < -0.39 is 6.10 Å². The van der Waals surface area contributed by atoms with Gasteiger partial charge in [-0.05, 0) is 44.9 Å². The lowest BCUT2D eigenvalue weighted by Crippen LogP contribution is -2.30. The molecule has 66 heavy (non-hydrogen) atoms. The van der Waals surface area contributed by atoms with Crippen LogP contribution in [0.5, 0.6) is 0 Å². The third-order valence-electron chi connectivity index (χ3n) is 13.2. The lowest BCUT2D eigenvalue weighted by molar-refractivity contribution is -0.167. The summed E-state index contributed by atoms with van der Waals surface area (Å²) >= 11 is 0. The summed E-state index contributed by atoms with van der Waals surface area (Å²) in [5.41, 5.74) is 0. The third kappa shape index (κ3) is 52.9. The highest BCUT2D eigenvalue weighted by molar-refractivity contribution is 5.71. The summed E-state index contributed by atoms with van der Waals surface area (Å²) in [6.45, 7) is 6.64. The number of rotatable bonds is 54. The third-order valence-corrected chi connectivity index (χ3v) is 13.2. The van der Waals surface area contributed by atoms with E-state index in [1.54, 1.807) is 0 Å². The van der Waals surface area contributed by atoms with E-state index in [2.05, 4.69) is 45.1 Å². The number of carbonyl (C=O) groups is 3. The second kappa shape index (κ2) is 55.5. The highest BCUT2D eigenvalue weighted by Crippen LogP contribution is 2.17. The maximum atomic E-state index is 12.9. The quantitative estimate of drug-likeness (QED) is 0.0262. The van der Waals surface area contributed by atoms with Gasteiger partial charge in [0.1, 0.15) is 13.2 Å². The molecule has 0 saturated heterocycles. The van der Waals surface area contributed by atoms with Crippen molar-refractivity contribution in [3.63, 3.8) is 0 Å². The molecule has 0 bridgehead atoms. The Morgan fingerprint density at radius 1 is 0.303 bits per heavy atom. The zero-order chi connectivity index (χ0) is 47.9. The minimum Gasteiger partial charge on any atom is -0.462 e. The van der Waals surface area contributed by atoms with E-state index in [9.17, 15) is 14.4 Å². The fraction of sp³-hybridized carbons (Fsp3) is 0.883. The van der Waals surface area contributed by atoms with E-state index in [-0.39, 0.29) is 31.1 Å². The lowest BCUT2D eigenvalue weighted by atomic mass is 10.0. The predicted octanol–water partition coefficient (Wildman–Crippen LogP) is 19.5. The molecule has 6 heteroatoms. The van der Waals surface area contributed by atoms with Gasteiger partial charge < -0.3 is 14.2 Å². The predicted molar refractivity (Wildman–Crippen MR) is 284 cm³/mol. The molecule has 0 N–H and O–H groups in total. The molecular formula is C60H112O6. The molecule has 0 rings (SSSR count). The Morgan fingerprint density at radius 3 is 0.879 bits per heavy atom. The summed E-state index contributed by atoms with van der Waals surface area (Å²) in [6.07, 6.45) is 64.5. The van der Waals surface area contributed by atoms with E-state index in [1.165, 1.54) is 205 Å². The lowest BCUT2D eigenvalue weighted by Gasteiger charge is -2.18. The van der Waals surface area contributed by atoms with Crippen LogP contribution in [0, 0.1) is 0 Å². The van der Waals surface area contributed by atoms with Gasteiger partial charge >= 0.3 is 17.9 Å². The zero-order valence-electron chi connectivity index (χ0n) is 44.5. The summed E-state index contributed by atoms with van der Waals surface area (Å²) in [4.78, 5) is 38.2. The van der Waals surface area contributed by atoms with Crippen molar-refractivity contribution in [2.24, 2.45) is 0 Å². The van der Waals surface area contributed by atoms with E-state index in [0.29, 0.717) is 19.3 Å². The summed E-state index contributed by atoms with van der Waals surface area (Å²) < 4.78 is 16.9. The van der Waals surface area contributed by atoms with Crippen molar-refractivity contribution in [1.82, 2.24) is 0 Å². The van der Waals surface area contributed by atoms with E-state index in [0.717, 1.165) is 77.0 Å². The van der Waals surface area contributed by atoms with Crippen LogP contribution in [0.3, 0.4) is 0 Å². The van der Waals surface area contributed by atoms with E-state index in [1.807, 2.05) is 0 Å². The standard InChI is InChI=1S/C60H112O6/c1-4-7-10-13-16-19-22-25-28-30-32-35-38-41-44-47-50-53-59(62)65-56-57(55-64-58(61)52-49-46-43-40-37-34-27-24-21-18-15-12-9-6-3)66-60(63)54-51-48-45-42-39-36-33-31-29-26-23-20-17-14-11-8-5-2/h15,18,24,27,57H,4-14,16-17,19-23,25-26,28-56H2,1-3H3/b18-15-,27-24-. The molecule has 0 aromatic heterocycles. The van der Waals surface area contributed by atoms with Crippen molar-refractivity contribution in [2.45, 2.75) is 329 Å². The second-order valence-corrected chi connectivity index (χ2v) is 19.9. The molecule has 1 atom stereocenters. The van der Waals surface area contributed by atoms with E-state index >= 15 is 0 Å².